The van der Waals surface area contributed by atoms with E-state index >= 15 is 0 Å². The standard InChI is InChI=1S/C39H58N6O7S/c1-24(26-13-15-27(16-14-26)32-25(2)41-23-53-32)42-35(49)30-20-29(46)22-45(30)36(50)33(38(3,4)5)43-31(47)12-10-9-11-18-40-34(48)28-17-19-44(21-28)37(51)52-39(6,7)8/h13-16,23-24,28-30,33,46H,9-12,17-22H2,1-8H3,(H,40,48)(H,42,49)(H,43,47)/t24?,28-,29+,30-,33?/m0/s1. The van der Waals surface area contributed by atoms with E-state index in [1.165, 1.54) is 4.90 Å². The molecule has 53 heavy (non-hydrogen) atoms. The quantitative estimate of drug-likeness (QED) is 0.213. The van der Waals surface area contributed by atoms with Gasteiger partial charge >= 0.3 is 6.09 Å². The Labute approximate surface area is 317 Å². The number of carbonyl (C=O) groups excluding carboxylic acids is 5. The lowest BCUT2D eigenvalue weighted by Crippen LogP contribution is -2.57. The second-order valence-electron chi connectivity index (χ2n) is 16.4. The minimum atomic E-state index is -0.901. The molecule has 2 saturated heterocycles. The number of ether oxygens (including phenoxy) is 1. The van der Waals surface area contributed by atoms with Crippen LogP contribution in [0.2, 0.25) is 0 Å². The SMILES string of the molecule is Cc1ncsc1-c1ccc(C(C)NC(=O)[C@@H]2C[C@@H](O)CN2C(=O)C(NC(=O)CCCCCNC(=O)[C@H]2CCN(C(=O)OC(C)(C)C)C2)C(C)(C)C)cc1. The highest BCUT2D eigenvalue weighted by molar-refractivity contribution is 7.13. The molecule has 292 valence electrons. The number of hydrogen-bond donors (Lipinski definition) is 4. The van der Waals surface area contributed by atoms with Gasteiger partial charge in [-0.15, -0.1) is 11.3 Å². The number of aryl methyl sites for hydroxylation is 1. The number of aliphatic hydroxyl groups is 1. The molecule has 1 aromatic carbocycles. The van der Waals surface area contributed by atoms with E-state index in [1.54, 1.807) is 16.2 Å². The van der Waals surface area contributed by atoms with Gasteiger partial charge in [0.25, 0.3) is 0 Å². The summed E-state index contributed by atoms with van der Waals surface area (Å²) < 4.78 is 5.41. The number of likely N-dealkylation sites (tertiary alicyclic amines) is 2. The number of β-amino-alcohol motifs (C(OH)–C–C–N with tert-alkyl or cyclic N) is 1. The molecule has 13 nitrogen and oxygen atoms in total. The highest BCUT2D eigenvalue weighted by atomic mass is 32.1. The fourth-order valence-electron chi connectivity index (χ4n) is 6.66. The average Bonchev–Trinajstić information content (AvgIpc) is 3.84. The van der Waals surface area contributed by atoms with E-state index in [4.69, 9.17) is 4.74 Å². The molecule has 4 rings (SSSR count). The van der Waals surface area contributed by atoms with Crippen molar-refractivity contribution in [3.8, 4) is 10.4 Å². The van der Waals surface area contributed by atoms with Crippen molar-refractivity contribution in [2.24, 2.45) is 11.3 Å². The molecule has 0 aliphatic carbocycles. The van der Waals surface area contributed by atoms with Crippen LogP contribution in [-0.2, 0) is 23.9 Å². The maximum atomic E-state index is 14.0. The van der Waals surface area contributed by atoms with Crippen molar-refractivity contribution in [3.63, 3.8) is 0 Å². The molecule has 14 heteroatoms. The van der Waals surface area contributed by atoms with Crippen molar-refractivity contribution in [1.29, 1.82) is 0 Å². The van der Waals surface area contributed by atoms with Gasteiger partial charge in [-0.3, -0.25) is 19.2 Å². The Kier molecular flexibility index (Phi) is 14.1. The third kappa shape index (κ3) is 11.7. The molecule has 0 saturated carbocycles. The summed E-state index contributed by atoms with van der Waals surface area (Å²) in [6, 6.07) is 5.82. The van der Waals surface area contributed by atoms with Gasteiger partial charge in [0.1, 0.15) is 17.7 Å². The first-order valence-electron chi connectivity index (χ1n) is 18.7. The minimum absolute atomic E-state index is 0.00224. The van der Waals surface area contributed by atoms with Gasteiger partial charge < -0.3 is 35.6 Å². The highest BCUT2D eigenvalue weighted by Crippen LogP contribution is 2.30. The third-order valence-electron chi connectivity index (χ3n) is 9.65. The first kappa shape index (κ1) is 41.7. The second-order valence-corrected chi connectivity index (χ2v) is 17.3. The van der Waals surface area contributed by atoms with Crippen LogP contribution in [0.4, 0.5) is 4.79 Å². The van der Waals surface area contributed by atoms with E-state index in [9.17, 15) is 29.1 Å². The molecular weight excluding hydrogens is 697 g/mol. The van der Waals surface area contributed by atoms with Gasteiger partial charge in [-0.25, -0.2) is 9.78 Å². The lowest BCUT2D eigenvalue weighted by atomic mass is 9.85. The molecule has 5 atom stereocenters. The molecule has 0 spiro atoms. The zero-order valence-electron chi connectivity index (χ0n) is 32.5. The van der Waals surface area contributed by atoms with Crippen LogP contribution < -0.4 is 16.0 Å². The van der Waals surface area contributed by atoms with Crippen LogP contribution >= 0.6 is 11.3 Å². The van der Waals surface area contributed by atoms with E-state index in [1.807, 2.05) is 85.2 Å². The molecular formula is C39H58N6O7S. The van der Waals surface area contributed by atoms with Gasteiger partial charge in [-0.1, -0.05) is 51.5 Å². The normalized spacial score (nSPS) is 20.1. The molecule has 1 aromatic heterocycles. The monoisotopic (exact) mass is 754 g/mol. The van der Waals surface area contributed by atoms with Crippen LogP contribution in [0.3, 0.4) is 0 Å². The smallest absolute Gasteiger partial charge is 0.410 e. The Morgan fingerprint density at radius 3 is 2.30 bits per heavy atom. The largest absolute Gasteiger partial charge is 0.444 e. The van der Waals surface area contributed by atoms with Crippen molar-refractivity contribution in [2.75, 3.05) is 26.2 Å². The number of unbranched alkanes of at least 4 members (excludes halogenated alkanes) is 2. The van der Waals surface area contributed by atoms with E-state index in [0.29, 0.717) is 45.3 Å². The fourth-order valence-corrected chi connectivity index (χ4v) is 7.47. The van der Waals surface area contributed by atoms with Crippen molar-refractivity contribution in [3.05, 3.63) is 41.0 Å². The average molecular weight is 755 g/mol. The summed E-state index contributed by atoms with van der Waals surface area (Å²) in [6.07, 6.45) is 1.58. The Bertz CT molecular complexity index is 1600. The van der Waals surface area contributed by atoms with Crippen molar-refractivity contribution in [2.45, 2.75) is 124 Å². The van der Waals surface area contributed by atoms with E-state index in [0.717, 1.165) is 21.7 Å². The third-order valence-corrected chi connectivity index (χ3v) is 10.6. The summed E-state index contributed by atoms with van der Waals surface area (Å²) in [6.45, 7) is 16.1. The van der Waals surface area contributed by atoms with Crippen molar-refractivity contribution in [1.82, 2.24) is 30.7 Å². The lowest BCUT2D eigenvalue weighted by molar-refractivity contribution is -0.144. The van der Waals surface area contributed by atoms with Crippen LogP contribution in [-0.4, -0.2) is 99.6 Å². The molecule has 5 amide bonds. The maximum Gasteiger partial charge on any atom is 0.410 e. The number of nitrogens with zero attached hydrogens (tertiary/aromatic N) is 3. The van der Waals surface area contributed by atoms with Crippen molar-refractivity contribution < 1.29 is 33.8 Å². The van der Waals surface area contributed by atoms with E-state index < -0.39 is 41.2 Å². The lowest BCUT2D eigenvalue weighted by Gasteiger charge is -2.35. The number of benzene rings is 1. The number of hydrogen-bond acceptors (Lipinski definition) is 9. The topological polar surface area (TPSA) is 170 Å². The summed E-state index contributed by atoms with van der Waals surface area (Å²) in [5, 5.41) is 19.4. The molecule has 2 aromatic rings. The van der Waals surface area contributed by atoms with Crippen LogP contribution in [0.15, 0.2) is 29.8 Å². The summed E-state index contributed by atoms with van der Waals surface area (Å²) in [7, 11) is 0. The number of aromatic nitrogens is 1. The predicted molar refractivity (Wildman–Crippen MR) is 204 cm³/mol. The number of aliphatic hydroxyl groups excluding tert-OH is 1. The molecule has 2 fully saturated rings. The zero-order valence-corrected chi connectivity index (χ0v) is 33.3. The molecule has 4 N–H and O–H groups in total. The summed E-state index contributed by atoms with van der Waals surface area (Å²) in [5.41, 5.74) is 3.49. The molecule has 2 aliphatic rings. The Hall–Kier alpha value is -4.04. The number of carbonyl (C=O) groups is 5. The van der Waals surface area contributed by atoms with Gasteiger partial charge in [-0.2, -0.15) is 0 Å². The highest BCUT2D eigenvalue weighted by Gasteiger charge is 2.44. The number of rotatable bonds is 13. The second kappa shape index (κ2) is 17.9. The van der Waals surface area contributed by atoms with Gasteiger partial charge in [-0.05, 0) is 70.4 Å². The van der Waals surface area contributed by atoms with Gasteiger partial charge in [0, 0.05) is 39.0 Å². The Morgan fingerprint density at radius 2 is 1.68 bits per heavy atom. The van der Waals surface area contributed by atoms with Gasteiger partial charge in [0.2, 0.25) is 23.6 Å². The van der Waals surface area contributed by atoms with Crippen molar-refractivity contribution >= 4 is 41.1 Å². The van der Waals surface area contributed by atoms with E-state index in [-0.39, 0.29) is 49.1 Å². The van der Waals surface area contributed by atoms with Crippen LogP contribution in [0.1, 0.15) is 104 Å². The van der Waals surface area contributed by atoms with Gasteiger partial charge in [0.15, 0.2) is 0 Å². The number of nitrogens with one attached hydrogen (secondary N) is 3. The molecule has 0 radical (unpaired) electrons. The van der Waals surface area contributed by atoms with Gasteiger partial charge in [0.05, 0.1) is 34.1 Å². The molecule has 3 heterocycles. The zero-order chi connectivity index (χ0) is 39.1. The summed E-state index contributed by atoms with van der Waals surface area (Å²) in [5.74, 6) is -1.40. The first-order chi connectivity index (χ1) is 24.8. The summed E-state index contributed by atoms with van der Waals surface area (Å²) >= 11 is 1.58. The number of amides is 5. The van der Waals surface area contributed by atoms with Crippen LogP contribution in [0.5, 0.6) is 0 Å². The Balaban J connectivity index is 1.22. The van der Waals surface area contributed by atoms with Crippen LogP contribution in [0, 0.1) is 18.3 Å². The van der Waals surface area contributed by atoms with Crippen LogP contribution in [0.25, 0.3) is 10.4 Å². The maximum absolute atomic E-state index is 14.0. The molecule has 2 unspecified atom stereocenters. The summed E-state index contributed by atoms with van der Waals surface area (Å²) in [4.78, 5) is 74.0. The first-order valence-corrected chi connectivity index (χ1v) is 19.6. The molecule has 2 aliphatic heterocycles. The van der Waals surface area contributed by atoms with E-state index in [2.05, 4.69) is 20.9 Å². The minimum Gasteiger partial charge on any atom is -0.444 e. The number of thiazole rings is 1. The molecule has 0 bridgehead atoms. The fraction of sp³-hybridized carbons (Fsp3) is 0.641. The predicted octanol–water partition coefficient (Wildman–Crippen LogP) is 4.72. The Morgan fingerprint density at radius 1 is 0.981 bits per heavy atom.